The van der Waals surface area contributed by atoms with Crippen LogP contribution in [0.15, 0.2) is 24.3 Å². The quantitative estimate of drug-likeness (QED) is 0.846. The largest absolute Gasteiger partial charge is 0.347 e. The van der Waals surface area contributed by atoms with Gasteiger partial charge in [-0.1, -0.05) is 49.0 Å². The lowest BCUT2D eigenvalue weighted by Crippen LogP contribution is -2.03. The third kappa shape index (κ3) is 2.85. The Labute approximate surface area is 113 Å². The van der Waals surface area contributed by atoms with E-state index >= 15 is 0 Å². The van der Waals surface area contributed by atoms with Crippen LogP contribution in [0, 0.1) is 18.5 Å². The van der Waals surface area contributed by atoms with Gasteiger partial charge in [-0.2, -0.15) is 0 Å². The number of H-pyrrole nitrogens is 1. The molecule has 0 unspecified atom stereocenters. The fraction of sp³-hybridized carbons (Fsp3) is 0.333. The Morgan fingerprint density at radius 3 is 2.44 bits per heavy atom. The summed E-state index contributed by atoms with van der Waals surface area (Å²) in [6.07, 6.45) is 1.76. The smallest absolute Gasteiger partial charge is 0.132 e. The predicted molar refractivity (Wildman–Crippen MR) is 77.5 cm³/mol. The summed E-state index contributed by atoms with van der Waals surface area (Å²) in [4.78, 5) is 7.85. The summed E-state index contributed by atoms with van der Waals surface area (Å²) >= 11 is 5.30. The summed E-state index contributed by atoms with van der Waals surface area (Å²) in [7, 11) is 0. The maximum atomic E-state index is 5.30. The highest BCUT2D eigenvalue weighted by atomic mass is 32.1. The van der Waals surface area contributed by atoms with Crippen molar-refractivity contribution in [1.82, 2.24) is 9.97 Å². The van der Waals surface area contributed by atoms with Gasteiger partial charge in [0.25, 0.3) is 0 Å². The van der Waals surface area contributed by atoms with Gasteiger partial charge in [0.05, 0.1) is 0 Å². The van der Waals surface area contributed by atoms with E-state index in [1.807, 2.05) is 6.92 Å². The van der Waals surface area contributed by atoms with Crippen molar-refractivity contribution in [2.75, 3.05) is 0 Å². The molecule has 0 aliphatic heterocycles. The van der Waals surface area contributed by atoms with Crippen molar-refractivity contribution in [1.29, 1.82) is 0 Å². The summed E-state index contributed by atoms with van der Waals surface area (Å²) in [5.41, 5.74) is 4.82. The monoisotopic (exact) mass is 258 g/mol. The van der Waals surface area contributed by atoms with Crippen LogP contribution in [0.1, 0.15) is 35.1 Å². The zero-order valence-electron chi connectivity index (χ0n) is 11.1. The molecule has 94 valence electrons. The van der Waals surface area contributed by atoms with Crippen molar-refractivity contribution < 1.29 is 0 Å². The molecule has 0 saturated carbocycles. The van der Waals surface area contributed by atoms with Crippen molar-refractivity contribution in [2.24, 2.45) is 0 Å². The molecule has 1 aromatic heterocycles. The van der Waals surface area contributed by atoms with Crippen molar-refractivity contribution in [2.45, 2.75) is 33.6 Å². The molecule has 0 fully saturated rings. The maximum absolute atomic E-state index is 5.30. The average Bonchev–Trinajstić information content (AvgIpc) is 2.36. The highest BCUT2D eigenvalue weighted by Gasteiger charge is 2.04. The van der Waals surface area contributed by atoms with Gasteiger partial charge in [0.15, 0.2) is 0 Å². The molecule has 0 atom stereocenters. The maximum Gasteiger partial charge on any atom is 0.132 e. The number of aromatic nitrogens is 2. The third-order valence-corrected chi connectivity index (χ3v) is 3.55. The molecule has 18 heavy (non-hydrogen) atoms. The summed E-state index contributed by atoms with van der Waals surface area (Å²) < 4.78 is 0.715. The predicted octanol–water partition coefficient (Wildman–Crippen LogP) is 3.91. The topological polar surface area (TPSA) is 28.7 Å². The van der Waals surface area contributed by atoms with E-state index in [2.05, 4.69) is 48.1 Å². The molecule has 2 nitrogen and oxygen atoms in total. The van der Waals surface area contributed by atoms with Crippen LogP contribution in [0.4, 0.5) is 0 Å². The number of nitrogens with zero attached hydrogens (tertiary/aromatic N) is 1. The van der Waals surface area contributed by atoms with Crippen molar-refractivity contribution in [3.63, 3.8) is 0 Å². The molecule has 3 heteroatoms. The number of benzene rings is 1. The van der Waals surface area contributed by atoms with Gasteiger partial charge in [0.1, 0.15) is 10.5 Å². The van der Waals surface area contributed by atoms with E-state index < -0.39 is 0 Å². The lowest BCUT2D eigenvalue weighted by molar-refractivity contribution is 0.881. The Balaban J connectivity index is 2.32. The van der Waals surface area contributed by atoms with Crippen molar-refractivity contribution in [3.05, 3.63) is 57.1 Å². The normalized spacial score (nSPS) is 10.6. The number of hydrogen-bond donors (Lipinski definition) is 1. The molecule has 0 amide bonds. The van der Waals surface area contributed by atoms with Gasteiger partial charge >= 0.3 is 0 Å². The minimum atomic E-state index is 0.715. The molecule has 0 radical (unpaired) electrons. The SMILES string of the molecule is CCc1[nH]c(Cc2ccc(C)cc2)nc(=S)c1C. The van der Waals surface area contributed by atoms with Crippen LogP contribution in [0.25, 0.3) is 0 Å². The molecule has 0 spiro atoms. The highest BCUT2D eigenvalue weighted by molar-refractivity contribution is 7.71. The molecule has 1 aromatic carbocycles. The van der Waals surface area contributed by atoms with Gasteiger partial charge in [0, 0.05) is 17.7 Å². The van der Waals surface area contributed by atoms with Crippen molar-refractivity contribution in [3.8, 4) is 0 Å². The van der Waals surface area contributed by atoms with E-state index in [4.69, 9.17) is 12.2 Å². The number of aromatic amines is 1. The summed E-state index contributed by atoms with van der Waals surface area (Å²) in [6, 6.07) is 8.52. The van der Waals surface area contributed by atoms with E-state index in [1.54, 1.807) is 0 Å². The molecule has 0 aliphatic carbocycles. The summed E-state index contributed by atoms with van der Waals surface area (Å²) in [5, 5.41) is 0. The van der Waals surface area contributed by atoms with Gasteiger partial charge in [-0.3, -0.25) is 0 Å². The van der Waals surface area contributed by atoms with E-state index in [9.17, 15) is 0 Å². The highest BCUT2D eigenvalue weighted by Crippen LogP contribution is 2.11. The second kappa shape index (κ2) is 5.44. The molecule has 1 heterocycles. The zero-order valence-corrected chi connectivity index (χ0v) is 11.9. The van der Waals surface area contributed by atoms with E-state index in [1.165, 1.54) is 16.8 Å². The Hall–Kier alpha value is -1.48. The lowest BCUT2D eigenvalue weighted by atomic mass is 10.1. The Morgan fingerprint density at radius 1 is 1.17 bits per heavy atom. The van der Waals surface area contributed by atoms with Crippen LogP contribution in [-0.2, 0) is 12.8 Å². The summed E-state index contributed by atoms with van der Waals surface area (Å²) in [6.45, 7) is 6.25. The molecule has 0 bridgehead atoms. The van der Waals surface area contributed by atoms with Crippen LogP contribution in [0.3, 0.4) is 0 Å². The fourth-order valence-corrected chi connectivity index (χ4v) is 2.20. The van der Waals surface area contributed by atoms with Crippen LogP contribution in [-0.4, -0.2) is 9.97 Å². The first-order valence-corrected chi connectivity index (χ1v) is 6.65. The Bertz CT molecular complexity index is 597. The molecule has 0 saturated heterocycles. The van der Waals surface area contributed by atoms with Crippen LogP contribution in [0.5, 0.6) is 0 Å². The van der Waals surface area contributed by atoms with Gasteiger partial charge in [-0.25, -0.2) is 4.98 Å². The third-order valence-electron chi connectivity index (χ3n) is 3.15. The first-order chi connectivity index (χ1) is 8.60. The first-order valence-electron chi connectivity index (χ1n) is 6.24. The first kappa shape index (κ1) is 13.0. The Kier molecular flexibility index (Phi) is 3.92. The van der Waals surface area contributed by atoms with E-state index in [0.29, 0.717) is 4.64 Å². The minimum absolute atomic E-state index is 0.715. The van der Waals surface area contributed by atoms with E-state index in [0.717, 1.165) is 24.2 Å². The fourth-order valence-electron chi connectivity index (χ4n) is 1.97. The molecular weight excluding hydrogens is 240 g/mol. The minimum Gasteiger partial charge on any atom is -0.347 e. The van der Waals surface area contributed by atoms with Gasteiger partial charge < -0.3 is 4.98 Å². The molecule has 2 rings (SSSR count). The number of nitrogens with one attached hydrogen (secondary N) is 1. The van der Waals surface area contributed by atoms with E-state index in [-0.39, 0.29) is 0 Å². The second-order valence-electron chi connectivity index (χ2n) is 4.61. The zero-order chi connectivity index (χ0) is 13.1. The molecule has 1 N–H and O–H groups in total. The van der Waals surface area contributed by atoms with Crippen molar-refractivity contribution >= 4 is 12.2 Å². The number of hydrogen-bond acceptors (Lipinski definition) is 2. The molecular formula is C15H18N2S. The van der Waals surface area contributed by atoms with Gasteiger partial charge in [0.2, 0.25) is 0 Å². The standard InChI is InChI=1S/C15H18N2S/c1-4-13-11(3)15(18)17-14(16-13)9-12-7-5-10(2)6-8-12/h5-8H,4,9H2,1-3H3,(H,16,17,18). The average molecular weight is 258 g/mol. The number of aryl methyl sites for hydroxylation is 2. The molecule has 0 aliphatic rings. The van der Waals surface area contributed by atoms with Gasteiger partial charge in [-0.15, -0.1) is 0 Å². The number of rotatable bonds is 3. The van der Waals surface area contributed by atoms with Crippen LogP contribution < -0.4 is 0 Å². The lowest BCUT2D eigenvalue weighted by Gasteiger charge is -2.08. The Morgan fingerprint density at radius 2 is 1.83 bits per heavy atom. The summed E-state index contributed by atoms with van der Waals surface area (Å²) in [5.74, 6) is 0.950. The van der Waals surface area contributed by atoms with Gasteiger partial charge in [-0.05, 0) is 25.8 Å². The molecule has 2 aromatic rings. The second-order valence-corrected chi connectivity index (χ2v) is 4.99. The van der Waals surface area contributed by atoms with Crippen LogP contribution in [0.2, 0.25) is 0 Å². The van der Waals surface area contributed by atoms with Crippen LogP contribution >= 0.6 is 12.2 Å².